The number of nitrogens with two attached hydrogens (primary N) is 1. The lowest BCUT2D eigenvalue weighted by Crippen LogP contribution is -2.43. The highest BCUT2D eigenvalue weighted by atomic mass is 35.5. The number of hydrogen-bond donors (Lipinski definition) is 3. The fraction of sp³-hybridized carbons (Fsp3) is 0.455. The van der Waals surface area contributed by atoms with Gasteiger partial charge in [0.2, 0.25) is 0 Å². The monoisotopic (exact) mass is 291 g/mol. The van der Waals surface area contributed by atoms with Gasteiger partial charge in [0.25, 0.3) is 10.2 Å². The highest BCUT2D eigenvalue weighted by Gasteiger charge is 2.20. The van der Waals surface area contributed by atoms with E-state index < -0.39 is 15.7 Å². The van der Waals surface area contributed by atoms with E-state index in [4.69, 9.17) is 17.3 Å². The Kier molecular flexibility index (Phi) is 4.15. The first kappa shape index (κ1) is 15.1. The van der Waals surface area contributed by atoms with Gasteiger partial charge in [0.15, 0.2) is 0 Å². The van der Waals surface area contributed by atoms with Gasteiger partial charge in [-0.25, -0.2) is 0 Å². The molecule has 0 amide bonds. The fourth-order valence-electron chi connectivity index (χ4n) is 1.39. The van der Waals surface area contributed by atoms with Gasteiger partial charge in [-0.15, -0.1) is 0 Å². The number of rotatable bonds is 3. The first-order chi connectivity index (χ1) is 8.00. The topological polar surface area (TPSA) is 84.2 Å². The van der Waals surface area contributed by atoms with Crippen LogP contribution in [0.2, 0.25) is 5.02 Å². The molecule has 0 atom stereocenters. The van der Waals surface area contributed by atoms with E-state index >= 15 is 0 Å². The molecule has 18 heavy (non-hydrogen) atoms. The van der Waals surface area contributed by atoms with E-state index in [2.05, 4.69) is 9.44 Å². The van der Waals surface area contributed by atoms with Crippen LogP contribution in [0.4, 0.5) is 11.4 Å². The SMILES string of the molecule is Cc1cc(N)c(Cl)cc1NS(=O)(=O)NC(C)(C)C. The molecule has 0 fully saturated rings. The minimum atomic E-state index is -3.64. The zero-order chi connectivity index (χ0) is 14.1. The molecular formula is C11H18ClN3O2S. The molecule has 0 aliphatic rings. The van der Waals surface area contributed by atoms with Gasteiger partial charge in [0, 0.05) is 5.54 Å². The summed E-state index contributed by atoms with van der Waals surface area (Å²) < 4.78 is 28.7. The number of halogens is 1. The number of aryl methyl sites for hydroxylation is 1. The molecule has 7 heteroatoms. The largest absolute Gasteiger partial charge is 0.398 e. The van der Waals surface area contributed by atoms with Gasteiger partial charge >= 0.3 is 0 Å². The van der Waals surface area contributed by atoms with E-state index in [1.807, 2.05) is 0 Å². The lowest BCUT2D eigenvalue weighted by molar-refractivity contribution is 0.494. The van der Waals surface area contributed by atoms with Gasteiger partial charge in [0.05, 0.1) is 16.4 Å². The Balaban J connectivity index is 3.02. The molecular weight excluding hydrogens is 274 g/mol. The second-order valence-electron chi connectivity index (χ2n) is 5.15. The molecule has 1 rings (SSSR count). The smallest absolute Gasteiger partial charge is 0.299 e. The summed E-state index contributed by atoms with van der Waals surface area (Å²) in [6, 6.07) is 3.12. The van der Waals surface area contributed by atoms with Crippen LogP contribution in [0.15, 0.2) is 12.1 Å². The predicted molar refractivity (Wildman–Crippen MR) is 76.0 cm³/mol. The molecule has 0 saturated heterocycles. The quantitative estimate of drug-likeness (QED) is 0.747. The molecule has 102 valence electrons. The molecule has 0 bridgehead atoms. The average molecular weight is 292 g/mol. The number of anilines is 2. The van der Waals surface area contributed by atoms with Crippen LogP contribution in [0.25, 0.3) is 0 Å². The molecule has 5 nitrogen and oxygen atoms in total. The van der Waals surface area contributed by atoms with E-state index in [-0.39, 0.29) is 0 Å². The van der Waals surface area contributed by atoms with Crippen LogP contribution in [0.3, 0.4) is 0 Å². The maximum Gasteiger partial charge on any atom is 0.299 e. The number of benzene rings is 1. The lowest BCUT2D eigenvalue weighted by atomic mass is 10.1. The number of nitrogens with one attached hydrogen (secondary N) is 2. The van der Waals surface area contributed by atoms with E-state index in [9.17, 15) is 8.42 Å². The van der Waals surface area contributed by atoms with Crippen LogP contribution in [0.1, 0.15) is 26.3 Å². The molecule has 4 N–H and O–H groups in total. The fourth-order valence-corrected chi connectivity index (χ4v) is 2.92. The zero-order valence-electron chi connectivity index (χ0n) is 10.8. The van der Waals surface area contributed by atoms with Crippen molar-refractivity contribution in [2.45, 2.75) is 33.2 Å². The highest BCUT2D eigenvalue weighted by molar-refractivity contribution is 7.90. The van der Waals surface area contributed by atoms with Crippen molar-refractivity contribution in [2.24, 2.45) is 0 Å². The van der Waals surface area contributed by atoms with Crippen molar-refractivity contribution in [1.29, 1.82) is 0 Å². The Bertz CT molecular complexity index is 550. The highest BCUT2D eigenvalue weighted by Crippen LogP contribution is 2.27. The molecule has 1 aromatic rings. The summed E-state index contributed by atoms with van der Waals surface area (Å²) in [5, 5.41) is 0.314. The maximum atomic E-state index is 11.9. The van der Waals surface area contributed by atoms with Gasteiger partial charge in [-0.3, -0.25) is 4.72 Å². The standard InChI is InChI=1S/C11H18ClN3O2S/c1-7-5-9(13)8(12)6-10(7)14-18(16,17)15-11(2,3)4/h5-6,14-15H,13H2,1-4H3. The summed E-state index contributed by atoms with van der Waals surface area (Å²) in [5.74, 6) is 0. The van der Waals surface area contributed by atoms with Crippen LogP contribution in [-0.2, 0) is 10.2 Å². The first-order valence-electron chi connectivity index (χ1n) is 5.37. The van der Waals surface area contributed by atoms with Gasteiger partial charge in [0.1, 0.15) is 0 Å². The Morgan fingerprint density at radius 1 is 1.28 bits per heavy atom. The summed E-state index contributed by atoms with van der Waals surface area (Å²) in [4.78, 5) is 0. The molecule has 0 unspecified atom stereocenters. The third-order valence-electron chi connectivity index (χ3n) is 2.03. The Hall–Kier alpha value is -0.980. The van der Waals surface area contributed by atoms with Crippen molar-refractivity contribution in [3.63, 3.8) is 0 Å². The predicted octanol–water partition coefficient (Wildman–Crippen LogP) is 2.28. The molecule has 0 aliphatic heterocycles. The van der Waals surface area contributed by atoms with Crippen molar-refractivity contribution >= 4 is 33.2 Å². The van der Waals surface area contributed by atoms with Crippen molar-refractivity contribution in [3.8, 4) is 0 Å². The van der Waals surface area contributed by atoms with Gasteiger partial charge < -0.3 is 5.73 Å². The van der Waals surface area contributed by atoms with Crippen LogP contribution in [0, 0.1) is 6.92 Å². The second-order valence-corrected chi connectivity index (χ2v) is 6.97. The maximum absolute atomic E-state index is 11.9. The van der Waals surface area contributed by atoms with E-state index in [1.165, 1.54) is 6.07 Å². The van der Waals surface area contributed by atoms with Crippen LogP contribution in [-0.4, -0.2) is 14.0 Å². The summed E-state index contributed by atoms with van der Waals surface area (Å²) >= 11 is 5.87. The number of nitrogen functional groups attached to an aromatic ring is 1. The first-order valence-corrected chi connectivity index (χ1v) is 7.24. The molecule has 0 aliphatic carbocycles. The zero-order valence-corrected chi connectivity index (χ0v) is 12.4. The molecule has 1 aromatic carbocycles. The van der Waals surface area contributed by atoms with E-state index in [0.29, 0.717) is 22.0 Å². The summed E-state index contributed by atoms with van der Waals surface area (Å²) in [7, 11) is -3.64. The summed E-state index contributed by atoms with van der Waals surface area (Å²) in [6.45, 7) is 7.03. The molecule has 0 saturated carbocycles. The van der Waals surface area contributed by atoms with Crippen molar-refractivity contribution in [2.75, 3.05) is 10.5 Å². The summed E-state index contributed by atoms with van der Waals surface area (Å²) in [5.41, 5.74) is 6.60. The lowest BCUT2D eigenvalue weighted by Gasteiger charge is -2.21. The third kappa shape index (κ3) is 4.36. The summed E-state index contributed by atoms with van der Waals surface area (Å²) in [6.07, 6.45) is 0. The molecule has 0 aromatic heterocycles. The van der Waals surface area contributed by atoms with Crippen molar-refractivity contribution in [3.05, 3.63) is 22.7 Å². The minimum absolute atomic E-state index is 0.314. The van der Waals surface area contributed by atoms with Gasteiger partial charge in [-0.05, 0) is 45.4 Å². The van der Waals surface area contributed by atoms with Crippen molar-refractivity contribution in [1.82, 2.24) is 4.72 Å². The minimum Gasteiger partial charge on any atom is -0.398 e. The molecule has 0 radical (unpaired) electrons. The second kappa shape index (κ2) is 4.95. The molecule has 0 spiro atoms. The molecule has 0 heterocycles. The van der Waals surface area contributed by atoms with E-state index in [1.54, 1.807) is 33.8 Å². The van der Waals surface area contributed by atoms with Crippen molar-refractivity contribution < 1.29 is 8.42 Å². The van der Waals surface area contributed by atoms with E-state index in [0.717, 1.165) is 0 Å². The normalized spacial score (nSPS) is 12.5. The third-order valence-corrected chi connectivity index (χ3v) is 3.73. The Labute approximate surface area is 113 Å². The van der Waals surface area contributed by atoms with Gasteiger partial charge in [-0.2, -0.15) is 13.1 Å². The Morgan fingerprint density at radius 3 is 2.33 bits per heavy atom. The van der Waals surface area contributed by atoms with Crippen LogP contribution < -0.4 is 15.2 Å². The van der Waals surface area contributed by atoms with Crippen LogP contribution >= 0.6 is 11.6 Å². The van der Waals surface area contributed by atoms with Crippen LogP contribution in [0.5, 0.6) is 0 Å². The number of hydrogen-bond acceptors (Lipinski definition) is 3. The average Bonchev–Trinajstić information content (AvgIpc) is 2.09. The Morgan fingerprint density at radius 2 is 1.83 bits per heavy atom. The van der Waals surface area contributed by atoms with Gasteiger partial charge in [-0.1, -0.05) is 11.6 Å².